The van der Waals surface area contributed by atoms with Gasteiger partial charge in [0.1, 0.15) is 6.10 Å². The third-order valence-electron chi connectivity index (χ3n) is 2.10. The van der Waals surface area contributed by atoms with E-state index >= 15 is 0 Å². The smallest absolute Gasteiger partial charge is 0.339 e. The quantitative estimate of drug-likeness (QED) is 0.862. The van der Waals surface area contributed by atoms with Crippen molar-refractivity contribution in [3.05, 3.63) is 33.3 Å². The molecule has 1 N–H and O–H groups in total. The fourth-order valence-corrected chi connectivity index (χ4v) is 1.81. The Morgan fingerprint density at radius 1 is 1.50 bits per heavy atom. The summed E-state index contributed by atoms with van der Waals surface area (Å²) in [6.45, 7) is 3.38. The maximum Gasteiger partial charge on any atom is 0.339 e. The van der Waals surface area contributed by atoms with Crippen LogP contribution in [0.4, 0.5) is 0 Å². The zero-order valence-electron chi connectivity index (χ0n) is 10.00. The molecular formula is C12H13BrClNO3. The van der Waals surface area contributed by atoms with E-state index in [2.05, 4.69) is 21.2 Å². The Hall–Kier alpha value is -1.07. The summed E-state index contributed by atoms with van der Waals surface area (Å²) in [6, 6.07) is 4.87. The zero-order chi connectivity index (χ0) is 13.7. The highest BCUT2D eigenvalue weighted by Crippen LogP contribution is 2.22. The van der Waals surface area contributed by atoms with Gasteiger partial charge in [-0.3, -0.25) is 4.79 Å². The van der Waals surface area contributed by atoms with Crippen LogP contribution in [0.1, 0.15) is 24.2 Å². The first-order chi connectivity index (χ1) is 8.40. The summed E-state index contributed by atoms with van der Waals surface area (Å²) in [5.74, 6) is -0.649. The van der Waals surface area contributed by atoms with Crippen molar-refractivity contribution < 1.29 is 14.3 Å². The molecule has 0 spiro atoms. The summed E-state index contributed by atoms with van der Waals surface area (Å²) < 4.78 is 5.79. The molecule has 0 saturated heterocycles. The predicted octanol–water partition coefficient (Wildman–Crippen LogP) is 2.78. The number of hydrogen-bond donors (Lipinski definition) is 1. The van der Waals surface area contributed by atoms with E-state index < -0.39 is 12.1 Å². The van der Waals surface area contributed by atoms with Gasteiger partial charge >= 0.3 is 5.97 Å². The van der Waals surface area contributed by atoms with Gasteiger partial charge in [0.05, 0.1) is 12.1 Å². The Balaban J connectivity index is 2.64. The van der Waals surface area contributed by atoms with Gasteiger partial charge in [0, 0.05) is 16.4 Å². The second-order valence-electron chi connectivity index (χ2n) is 3.78. The fourth-order valence-electron chi connectivity index (χ4n) is 1.23. The number of benzene rings is 1. The Bertz CT molecular complexity index is 465. The fraction of sp³-hybridized carbons (Fsp3) is 0.333. The van der Waals surface area contributed by atoms with Crippen molar-refractivity contribution in [3.8, 4) is 0 Å². The van der Waals surface area contributed by atoms with Crippen LogP contribution in [0, 0.1) is 0 Å². The minimum atomic E-state index is -0.484. The van der Waals surface area contributed by atoms with E-state index in [1.54, 1.807) is 19.1 Å². The molecule has 0 aliphatic rings. The number of nitrogens with one attached hydrogen (secondary N) is 1. The molecule has 0 bridgehead atoms. The van der Waals surface area contributed by atoms with Gasteiger partial charge in [-0.05, 0) is 41.1 Å². The summed E-state index contributed by atoms with van der Waals surface area (Å²) in [6.07, 6.45) is -0.410. The molecule has 0 aliphatic carbocycles. The van der Waals surface area contributed by atoms with Crippen LogP contribution < -0.4 is 5.32 Å². The van der Waals surface area contributed by atoms with Gasteiger partial charge in [0.25, 0.3) is 0 Å². The summed E-state index contributed by atoms with van der Waals surface area (Å²) in [5.41, 5.74) is 0.358. The third-order valence-corrected chi connectivity index (χ3v) is 3.02. The van der Waals surface area contributed by atoms with Crippen molar-refractivity contribution in [2.75, 3.05) is 6.54 Å². The third kappa shape index (κ3) is 4.66. The first-order valence-electron chi connectivity index (χ1n) is 5.30. The molecule has 4 nitrogen and oxygen atoms in total. The van der Waals surface area contributed by atoms with Crippen LogP contribution >= 0.6 is 27.5 Å². The van der Waals surface area contributed by atoms with Gasteiger partial charge in [0.2, 0.25) is 5.91 Å². The number of amides is 1. The second kappa shape index (κ2) is 6.75. The van der Waals surface area contributed by atoms with E-state index in [9.17, 15) is 9.59 Å². The lowest BCUT2D eigenvalue weighted by atomic mass is 10.2. The van der Waals surface area contributed by atoms with E-state index in [1.807, 2.05) is 0 Å². The van der Waals surface area contributed by atoms with Crippen molar-refractivity contribution in [3.63, 3.8) is 0 Å². The molecule has 1 rings (SSSR count). The molecule has 0 heterocycles. The Morgan fingerprint density at radius 3 is 2.78 bits per heavy atom. The second-order valence-corrected chi connectivity index (χ2v) is 5.07. The summed E-state index contributed by atoms with van der Waals surface area (Å²) >= 11 is 9.07. The molecule has 0 radical (unpaired) electrons. The normalized spacial score (nSPS) is 11.8. The average Bonchev–Trinajstić information content (AvgIpc) is 2.29. The van der Waals surface area contributed by atoms with Crippen LogP contribution in [0.5, 0.6) is 0 Å². The van der Waals surface area contributed by atoms with Crippen molar-refractivity contribution in [1.82, 2.24) is 5.32 Å². The standard InChI is InChI=1S/C12H13BrClNO3/c1-7(6-15-8(2)16)18-12(17)10-5-9(14)3-4-11(10)13/h3-5,7H,6H2,1-2H3,(H,15,16)/t7-/m0/s1. The number of carbonyl (C=O) groups is 2. The lowest BCUT2D eigenvalue weighted by molar-refractivity contribution is -0.119. The zero-order valence-corrected chi connectivity index (χ0v) is 12.3. The van der Waals surface area contributed by atoms with E-state index in [0.717, 1.165) is 0 Å². The molecule has 1 aromatic rings. The van der Waals surface area contributed by atoms with Gasteiger partial charge in [-0.1, -0.05) is 11.6 Å². The molecule has 1 amide bonds. The Kier molecular flexibility index (Phi) is 5.62. The summed E-state index contributed by atoms with van der Waals surface area (Å²) in [4.78, 5) is 22.6. The molecule has 0 aromatic heterocycles. The molecule has 0 fully saturated rings. The van der Waals surface area contributed by atoms with Crippen LogP contribution in [0.3, 0.4) is 0 Å². The van der Waals surface area contributed by atoms with Crippen molar-refractivity contribution in [1.29, 1.82) is 0 Å². The van der Waals surface area contributed by atoms with Crippen molar-refractivity contribution in [2.24, 2.45) is 0 Å². The van der Waals surface area contributed by atoms with Gasteiger partial charge in [-0.2, -0.15) is 0 Å². The topological polar surface area (TPSA) is 55.4 Å². The molecule has 0 unspecified atom stereocenters. The molecule has 98 valence electrons. The number of carbonyl (C=O) groups excluding carboxylic acids is 2. The lowest BCUT2D eigenvalue weighted by Gasteiger charge is -2.14. The minimum absolute atomic E-state index is 0.165. The highest BCUT2D eigenvalue weighted by atomic mass is 79.9. The molecule has 0 aliphatic heterocycles. The number of halogens is 2. The molecule has 18 heavy (non-hydrogen) atoms. The van der Waals surface area contributed by atoms with Crippen LogP contribution in [0.25, 0.3) is 0 Å². The van der Waals surface area contributed by atoms with Crippen LogP contribution in [-0.4, -0.2) is 24.5 Å². The van der Waals surface area contributed by atoms with Gasteiger partial charge < -0.3 is 10.1 Å². The van der Waals surface area contributed by atoms with Gasteiger partial charge in [-0.15, -0.1) is 0 Å². The van der Waals surface area contributed by atoms with Crippen molar-refractivity contribution >= 4 is 39.4 Å². The number of esters is 1. The maximum atomic E-state index is 11.8. The summed E-state index contributed by atoms with van der Waals surface area (Å²) in [5, 5.41) is 3.03. The van der Waals surface area contributed by atoms with E-state index in [0.29, 0.717) is 15.1 Å². The number of ether oxygens (including phenoxy) is 1. The number of rotatable bonds is 4. The Morgan fingerprint density at radius 2 is 2.17 bits per heavy atom. The first-order valence-corrected chi connectivity index (χ1v) is 6.47. The van der Waals surface area contributed by atoms with E-state index in [4.69, 9.17) is 16.3 Å². The van der Waals surface area contributed by atoms with Gasteiger partial charge in [-0.25, -0.2) is 4.79 Å². The molecular weight excluding hydrogens is 321 g/mol. The first kappa shape index (κ1) is 15.0. The van der Waals surface area contributed by atoms with Crippen LogP contribution in [0.2, 0.25) is 5.02 Å². The number of hydrogen-bond acceptors (Lipinski definition) is 3. The Labute approximate surface area is 119 Å². The molecule has 0 saturated carbocycles. The van der Waals surface area contributed by atoms with E-state index in [-0.39, 0.29) is 12.5 Å². The average molecular weight is 335 g/mol. The summed E-state index contributed by atoms with van der Waals surface area (Å²) in [7, 11) is 0. The SMILES string of the molecule is CC(=O)NC[C@H](C)OC(=O)c1cc(Cl)ccc1Br. The monoisotopic (exact) mass is 333 g/mol. The van der Waals surface area contributed by atoms with E-state index in [1.165, 1.54) is 13.0 Å². The van der Waals surface area contributed by atoms with Crippen LogP contribution in [-0.2, 0) is 9.53 Å². The molecule has 1 aromatic carbocycles. The molecule has 6 heteroatoms. The highest BCUT2D eigenvalue weighted by molar-refractivity contribution is 9.10. The maximum absolute atomic E-state index is 11.8. The van der Waals surface area contributed by atoms with Crippen LogP contribution in [0.15, 0.2) is 22.7 Å². The predicted molar refractivity (Wildman–Crippen MR) is 72.7 cm³/mol. The van der Waals surface area contributed by atoms with Crippen molar-refractivity contribution in [2.45, 2.75) is 20.0 Å². The van der Waals surface area contributed by atoms with Gasteiger partial charge in [0.15, 0.2) is 0 Å². The lowest BCUT2D eigenvalue weighted by Crippen LogP contribution is -2.31. The largest absolute Gasteiger partial charge is 0.457 e. The molecule has 1 atom stereocenters. The highest BCUT2D eigenvalue weighted by Gasteiger charge is 2.15. The minimum Gasteiger partial charge on any atom is -0.457 e.